The molecule has 2 atom stereocenters. The van der Waals surface area contributed by atoms with Crippen LogP contribution >= 0.6 is 0 Å². The fourth-order valence-electron chi connectivity index (χ4n) is 4.13. The van der Waals surface area contributed by atoms with Crippen molar-refractivity contribution in [1.29, 1.82) is 0 Å². The van der Waals surface area contributed by atoms with Crippen LogP contribution in [0.2, 0.25) is 0 Å². The molecular formula is C25H27FN2O2. The van der Waals surface area contributed by atoms with Gasteiger partial charge in [0.2, 0.25) is 0 Å². The van der Waals surface area contributed by atoms with E-state index >= 15 is 0 Å². The van der Waals surface area contributed by atoms with Gasteiger partial charge in [-0.1, -0.05) is 48.5 Å². The summed E-state index contributed by atoms with van der Waals surface area (Å²) in [6, 6.07) is 20.8. The molecule has 3 aromatic carbocycles. The number of nitrogens with zero attached hydrogens (tertiary/aromatic N) is 2. The van der Waals surface area contributed by atoms with Crippen molar-refractivity contribution in [3.8, 4) is 5.75 Å². The maximum atomic E-state index is 13.2. The highest BCUT2D eigenvalue weighted by atomic mass is 19.1. The van der Waals surface area contributed by atoms with Crippen LogP contribution in [0.1, 0.15) is 19.4 Å². The lowest BCUT2D eigenvalue weighted by Gasteiger charge is -2.44. The Kier molecular flexibility index (Phi) is 6.00. The summed E-state index contributed by atoms with van der Waals surface area (Å²) in [7, 11) is 0. The van der Waals surface area contributed by atoms with Crippen LogP contribution < -0.4 is 4.74 Å². The Balaban J connectivity index is 1.37. The average molecular weight is 407 g/mol. The Morgan fingerprint density at radius 1 is 0.967 bits per heavy atom. The van der Waals surface area contributed by atoms with Crippen LogP contribution in [0.25, 0.3) is 10.8 Å². The van der Waals surface area contributed by atoms with E-state index in [4.69, 9.17) is 4.74 Å². The third-order valence-electron chi connectivity index (χ3n) is 5.84. The van der Waals surface area contributed by atoms with E-state index < -0.39 is 0 Å². The summed E-state index contributed by atoms with van der Waals surface area (Å²) in [5, 5.41) is 2.11. The van der Waals surface area contributed by atoms with Crippen molar-refractivity contribution in [2.24, 2.45) is 0 Å². The molecule has 4 rings (SSSR count). The standard InChI is InChI=1S/C25H27FN2O2/c1-18-15-28(19(2)14-27(18)16-20-10-12-22(26)13-11-20)25(29)17-30-24-9-5-7-21-6-3-4-8-23(21)24/h3-13,18-19H,14-17H2,1-2H3/t18-,19+/m1/s1. The molecule has 1 aliphatic heterocycles. The van der Waals surface area contributed by atoms with E-state index in [0.29, 0.717) is 6.54 Å². The van der Waals surface area contributed by atoms with Crippen LogP contribution in [-0.4, -0.2) is 47.5 Å². The van der Waals surface area contributed by atoms with Crippen LogP contribution in [-0.2, 0) is 11.3 Å². The van der Waals surface area contributed by atoms with Crippen molar-refractivity contribution in [3.63, 3.8) is 0 Å². The summed E-state index contributed by atoms with van der Waals surface area (Å²) >= 11 is 0. The van der Waals surface area contributed by atoms with E-state index in [9.17, 15) is 9.18 Å². The number of ether oxygens (including phenoxy) is 1. The number of amides is 1. The third kappa shape index (κ3) is 4.46. The fraction of sp³-hybridized carbons (Fsp3) is 0.320. The molecule has 1 amide bonds. The molecular weight excluding hydrogens is 379 g/mol. The van der Waals surface area contributed by atoms with Crippen LogP contribution in [0.4, 0.5) is 4.39 Å². The molecule has 4 nitrogen and oxygen atoms in total. The minimum Gasteiger partial charge on any atom is -0.483 e. The second kappa shape index (κ2) is 8.84. The van der Waals surface area contributed by atoms with Gasteiger partial charge in [0, 0.05) is 37.1 Å². The highest BCUT2D eigenvalue weighted by Crippen LogP contribution is 2.25. The Bertz CT molecular complexity index is 1020. The van der Waals surface area contributed by atoms with E-state index in [1.165, 1.54) is 12.1 Å². The van der Waals surface area contributed by atoms with Crippen LogP contribution in [0, 0.1) is 5.82 Å². The fourth-order valence-corrected chi connectivity index (χ4v) is 4.13. The molecule has 0 unspecified atom stereocenters. The van der Waals surface area contributed by atoms with E-state index in [-0.39, 0.29) is 30.4 Å². The first-order chi connectivity index (χ1) is 14.5. The zero-order chi connectivity index (χ0) is 21.1. The normalized spacial score (nSPS) is 19.8. The number of benzene rings is 3. The van der Waals surface area contributed by atoms with E-state index in [1.807, 2.05) is 59.5 Å². The maximum absolute atomic E-state index is 13.2. The van der Waals surface area contributed by atoms with E-state index in [0.717, 1.165) is 35.2 Å². The average Bonchev–Trinajstić information content (AvgIpc) is 2.76. The number of hydrogen-bond donors (Lipinski definition) is 0. The Morgan fingerprint density at radius 2 is 1.70 bits per heavy atom. The van der Waals surface area contributed by atoms with Gasteiger partial charge in [-0.15, -0.1) is 0 Å². The predicted molar refractivity (Wildman–Crippen MR) is 117 cm³/mol. The Labute approximate surface area is 176 Å². The maximum Gasteiger partial charge on any atom is 0.260 e. The summed E-state index contributed by atoms with van der Waals surface area (Å²) in [5.74, 6) is 0.516. The lowest BCUT2D eigenvalue weighted by Crippen LogP contribution is -2.58. The summed E-state index contributed by atoms with van der Waals surface area (Å²) in [6.07, 6.45) is 0. The zero-order valence-electron chi connectivity index (χ0n) is 17.4. The van der Waals surface area contributed by atoms with Gasteiger partial charge in [0.25, 0.3) is 5.91 Å². The molecule has 1 fully saturated rings. The van der Waals surface area contributed by atoms with Crippen molar-refractivity contribution in [1.82, 2.24) is 9.80 Å². The molecule has 0 aromatic heterocycles. The van der Waals surface area contributed by atoms with Crippen LogP contribution in [0.5, 0.6) is 5.75 Å². The molecule has 0 spiro atoms. The summed E-state index contributed by atoms with van der Waals surface area (Å²) in [6.45, 7) is 6.41. The van der Waals surface area contributed by atoms with Crippen molar-refractivity contribution in [2.75, 3.05) is 19.7 Å². The van der Waals surface area contributed by atoms with Gasteiger partial charge in [0.15, 0.2) is 6.61 Å². The second-order valence-electron chi connectivity index (χ2n) is 8.07. The highest BCUT2D eigenvalue weighted by Gasteiger charge is 2.32. The second-order valence-corrected chi connectivity index (χ2v) is 8.07. The molecule has 3 aromatic rings. The molecule has 1 aliphatic rings. The number of piperazine rings is 1. The smallest absolute Gasteiger partial charge is 0.260 e. The van der Waals surface area contributed by atoms with Crippen molar-refractivity contribution in [2.45, 2.75) is 32.5 Å². The van der Waals surface area contributed by atoms with Gasteiger partial charge in [-0.05, 0) is 43.0 Å². The first kappa shape index (κ1) is 20.4. The lowest BCUT2D eigenvalue weighted by atomic mass is 10.1. The van der Waals surface area contributed by atoms with Gasteiger partial charge in [0.1, 0.15) is 11.6 Å². The first-order valence-electron chi connectivity index (χ1n) is 10.4. The van der Waals surface area contributed by atoms with Crippen molar-refractivity contribution >= 4 is 16.7 Å². The molecule has 0 saturated carbocycles. The van der Waals surface area contributed by atoms with Crippen LogP contribution in [0.3, 0.4) is 0 Å². The lowest BCUT2D eigenvalue weighted by molar-refractivity contribution is -0.139. The zero-order valence-corrected chi connectivity index (χ0v) is 17.4. The monoisotopic (exact) mass is 406 g/mol. The van der Waals surface area contributed by atoms with Gasteiger partial charge in [-0.3, -0.25) is 9.69 Å². The highest BCUT2D eigenvalue weighted by molar-refractivity contribution is 5.88. The minimum atomic E-state index is -0.221. The Hall–Kier alpha value is -2.92. The summed E-state index contributed by atoms with van der Waals surface area (Å²) in [4.78, 5) is 17.2. The molecule has 0 N–H and O–H groups in total. The SMILES string of the molecule is C[C@@H]1CN(C(=O)COc2cccc3ccccc23)[C@@H](C)CN1Cc1ccc(F)cc1. The molecule has 30 heavy (non-hydrogen) atoms. The minimum absolute atomic E-state index is 0.00344. The molecule has 0 aliphatic carbocycles. The summed E-state index contributed by atoms with van der Waals surface area (Å²) in [5.41, 5.74) is 1.08. The van der Waals surface area contributed by atoms with Crippen molar-refractivity contribution in [3.05, 3.63) is 78.1 Å². The van der Waals surface area contributed by atoms with Crippen LogP contribution in [0.15, 0.2) is 66.7 Å². The quantitative estimate of drug-likeness (QED) is 0.626. The number of hydrogen-bond acceptors (Lipinski definition) is 3. The van der Waals surface area contributed by atoms with Gasteiger partial charge in [-0.25, -0.2) is 4.39 Å². The molecule has 5 heteroatoms. The van der Waals surface area contributed by atoms with E-state index in [2.05, 4.69) is 18.7 Å². The topological polar surface area (TPSA) is 32.8 Å². The summed E-state index contributed by atoms with van der Waals surface area (Å²) < 4.78 is 19.1. The molecule has 1 heterocycles. The van der Waals surface area contributed by atoms with Gasteiger partial charge in [-0.2, -0.15) is 0 Å². The van der Waals surface area contributed by atoms with Gasteiger partial charge < -0.3 is 9.64 Å². The molecule has 1 saturated heterocycles. The number of rotatable bonds is 5. The number of carbonyl (C=O) groups excluding carboxylic acids is 1. The molecule has 0 bridgehead atoms. The number of carbonyl (C=O) groups is 1. The van der Waals surface area contributed by atoms with Gasteiger partial charge >= 0.3 is 0 Å². The van der Waals surface area contributed by atoms with Crippen molar-refractivity contribution < 1.29 is 13.9 Å². The molecule has 156 valence electrons. The Morgan fingerprint density at radius 3 is 2.50 bits per heavy atom. The van der Waals surface area contributed by atoms with Gasteiger partial charge in [0.05, 0.1) is 0 Å². The third-order valence-corrected chi connectivity index (χ3v) is 5.84. The first-order valence-corrected chi connectivity index (χ1v) is 10.4. The largest absolute Gasteiger partial charge is 0.483 e. The predicted octanol–water partition coefficient (Wildman–Crippen LogP) is 4.48. The number of fused-ring (bicyclic) bond motifs is 1. The van der Waals surface area contributed by atoms with E-state index in [1.54, 1.807) is 0 Å². The number of halogens is 1. The molecule has 0 radical (unpaired) electrons.